The lowest BCUT2D eigenvalue weighted by Gasteiger charge is -2.17. The molecule has 0 saturated heterocycles. The van der Waals surface area contributed by atoms with Gasteiger partial charge in [0.15, 0.2) is 0 Å². The van der Waals surface area contributed by atoms with Crippen LogP contribution in [-0.4, -0.2) is 22.6 Å². The first-order valence-electron chi connectivity index (χ1n) is 6.30. The summed E-state index contributed by atoms with van der Waals surface area (Å²) in [7, 11) is 1.93. The van der Waals surface area contributed by atoms with E-state index in [1.54, 1.807) is 6.92 Å². The van der Waals surface area contributed by atoms with Gasteiger partial charge in [0, 0.05) is 12.6 Å². The molecule has 0 spiro atoms. The number of hydrogen-bond acceptors (Lipinski definition) is 3. The van der Waals surface area contributed by atoms with E-state index in [1.807, 2.05) is 35.9 Å². The van der Waals surface area contributed by atoms with Crippen LogP contribution >= 0.6 is 0 Å². The van der Waals surface area contributed by atoms with E-state index in [9.17, 15) is 4.79 Å². The third-order valence-corrected chi connectivity index (χ3v) is 3.32. The Morgan fingerprint density at radius 2 is 2.11 bits per heavy atom. The van der Waals surface area contributed by atoms with E-state index in [2.05, 4.69) is 17.2 Å². The van der Waals surface area contributed by atoms with Crippen LogP contribution < -0.4 is 10.9 Å². The normalized spacial score (nSPS) is 12.8. The highest BCUT2D eigenvalue weighted by Gasteiger charge is 2.11. The Bertz CT molecular complexity index is 600. The minimum absolute atomic E-state index is 0.00222. The Hall–Kier alpha value is -1.68. The van der Waals surface area contributed by atoms with Gasteiger partial charge in [-0.1, -0.05) is 19.1 Å². The van der Waals surface area contributed by atoms with E-state index in [-0.39, 0.29) is 5.56 Å². The van der Waals surface area contributed by atoms with Crippen molar-refractivity contribution in [3.05, 3.63) is 40.3 Å². The Morgan fingerprint density at radius 1 is 1.39 bits per heavy atom. The standard InChI is InChI=1S/C14H19N3O/c1-4-11(15-3)9-17-13-8-6-5-7-12(13)16-10(2)14(17)18/h5-8,11,15H,4,9H2,1-3H3. The number of hydrogen-bond donors (Lipinski definition) is 1. The Labute approximate surface area is 107 Å². The van der Waals surface area contributed by atoms with Crippen LogP contribution in [0.5, 0.6) is 0 Å². The summed E-state index contributed by atoms with van der Waals surface area (Å²) >= 11 is 0. The molecule has 1 heterocycles. The molecule has 1 aromatic carbocycles. The second kappa shape index (κ2) is 5.31. The van der Waals surface area contributed by atoms with Crippen LogP contribution in [0.4, 0.5) is 0 Å². The number of rotatable bonds is 4. The minimum atomic E-state index is 0.00222. The number of aryl methyl sites for hydroxylation is 1. The molecule has 0 bridgehead atoms. The first-order valence-corrected chi connectivity index (χ1v) is 6.30. The van der Waals surface area contributed by atoms with E-state index < -0.39 is 0 Å². The van der Waals surface area contributed by atoms with Gasteiger partial charge in [-0.05, 0) is 32.5 Å². The highest BCUT2D eigenvalue weighted by Crippen LogP contribution is 2.10. The second-order valence-electron chi connectivity index (χ2n) is 4.50. The van der Waals surface area contributed by atoms with Crippen LogP contribution in [0.3, 0.4) is 0 Å². The molecule has 0 amide bonds. The summed E-state index contributed by atoms with van der Waals surface area (Å²) in [6.45, 7) is 4.56. The highest BCUT2D eigenvalue weighted by molar-refractivity contribution is 5.74. The fourth-order valence-corrected chi connectivity index (χ4v) is 2.15. The van der Waals surface area contributed by atoms with Gasteiger partial charge in [0.25, 0.3) is 5.56 Å². The molecule has 1 aromatic heterocycles. The molecule has 2 rings (SSSR count). The molecule has 1 unspecified atom stereocenters. The molecular formula is C14H19N3O. The fourth-order valence-electron chi connectivity index (χ4n) is 2.15. The lowest BCUT2D eigenvalue weighted by molar-refractivity contribution is 0.468. The van der Waals surface area contributed by atoms with Gasteiger partial charge in [0.1, 0.15) is 5.69 Å². The average molecular weight is 245 g/mol. The van der Waals surface area contributed by atoms with E-state index in [0.717, 1.165) is 17.5 Å². The third-order valence-electron chi connectivity index (χ3n) is 3.32. The lowest BCUT2D eigenvalue weighted by atomic mass is 10.2. The predicted molar refractivity (Wildman–Crippen MR) is 73.9 cm³/mol. The molecule has 96 valence electrons. The molecular weight excluding hydrogens is 226 g/mol. The third kappa shape index (κ3) is 2.29. The molecule has 0 radical (unpaired) electrons. The highest BCUT2D eigenvalue weighted by atomic mass is 16.1. The van der Waals surface area contributed by atoms with Crippen LogP contribution in [0.15, 0.2) is 29.1 Å². The zero-order valence-electron chi connectivity index (χ0n) is 11.1. The first kappa shape index (κ1) is 12.8. The summed E-state index contributed by atoms with van der Waals surface area (Å²) in [5.41, 5.74) is 2.34. The van der Waals surface area contributed by atoms with Gasteiger partial charge >= 0.3 is 0 Å². The number of benzene rings is 1. The Kier molecular flexibility index (Phi) is 3.77. The molecule has 0 fully saturated rings. The average Bonchev–Trinajstić information content (AvgIpc) is 2.40. The number of likely N-dealkylation sites (N-methyl/N-ethyl adjacent to an activating group) is 1. The maximum Gasteiger partial charge on any atom is 0.272 e. The topological polar surface area (TPSA) is 46.9 Å². The summed E-state index contributed by atoms with van der Waals surface area (Å²) in [4.78, 5) is 16.6. The number of nitrogens with one attached hydrogen (secondary N) is 1. The summed E-state index contributed by atoms with van der Waals surface area (Å²) in [5, 5.41) is 3.23. The molecule has 1 N–H and O–H groups in total. The molecule has 0 saturated carbocycles. The molecule has 4 heteroatoms. The molecule has 2 aromatic rings. The Morgan fingerprint density at radius 3 is 2.78 bits per heavy atom. The van der Waals surface area contributed by atoms with Gasteiger partial charge < -0.3 is 9.88 Å². The number of para-hydroxylation sites is 2. The van der Waals surface area contributed by atoms with Crippen molar-refractivity contribution in [2.75, 3.05) is 7.05 Å². The minimum Gasteiger partial charge on any atom is -0.315 e. The first-order chi connectivity index (χ1) is 8.67. The SMILES string of the molecule is CCC(Cn1c(=O)c(C)nc2ccccc21)NC. The van der Waals surface area contributed by atoms with Crippen molar-refractivity contribution in [1.82, 2.24) is 14.9 Å². The van der Waals surface area contributed by atoms with Crippen molar-refractivity contribution >= 4 is 11.0 Å². The maximum absolute atomic E-state index is 12.2. The monoisotopic (exact) mass is 245 g/mol. The number of nitrogens with zero attached hydrogens (tertiary/aromatic N) is 2. The quantitative estimate of drug-likeness (QED) is 0.892. The molecule has 0 aliphatic rings. The van der Waals surface area contributed by atoms with Gasteiger partial charge in [-0.25, -0.2) is 4.98 Å². The van der Waals surface area contributed by atoms with Crippen molar-refractivity contribution in [3.8, 4) is 0 Å². The summed E-state index contributed by atoms with van der Waals surface area (Å²) in [6, 6.07) is 8.08. The summed E-state index contributed by atoms with van der Waals surface area (Å²) < 4.78 is 1.82. The van der Waals surface area contributed by atoms with Crippen molar-refractivity contribution < 1.29 is 0 Å². The zero-order chi connectivity index (χ0) is 13.1. The smallest absolute Gasteiger partial charge is 0.272 e. The van der Waals surface area contributed by atoms with Crippen molar-refractivity contribution in [2.24, 2.45) is 0 Å². The summed E-state index contributed by atoms with van der Waals surface area (Å²) in [6.07, 6.45) is 0.985. The van der Waals surface area contributed by atoms with Crippen LogP contribution in [0, 0.1) is 6.92 Å². The van der Waals surface area contributed by atoms with Crippen LogP contribution in [0.1, 0.15) is 19.0 Å². The summed E-state index contributed by atoms with van der Waals surface area (Å²) in [5.74, 6) is 0. The largest absolute Gasteiger partial charge is 0.315 e. The van der Waals surface area contributed by atoms with Gasteiger partial charge in [-0.2, -0.15) is 0 Å². The fraction of sp³-hybridized carbons (Fsp3) is 0.429. The Balaban J connectivity index is 2.60. The van der Waals surface area contributed by atoms with Crippen molar-refractivity contribution in [2.45, 2.75) is 32.9 Å². The molecule has 18 heavy (non-hydrogen) atoms. The number of fused-ring (bicyclic) bond motifs is 1. The molecule has 4 nitrogen and oxygen atoms in total. The van der Waals surface area contributed by atoms with Gasteiger partial charge in [0.2, 0.25) is 0 Å². The lowest BCUT2D eigenvalue weighted by Crippen LogP contribution is -2.35. The molecule has 0 aliphatic carbocycles. The second-order valence-corrected chi connectivity index (χ2v) is 4.50. The van der Waals surface area contributed by atoms with Gasteiger partial charge in [0.05, 0.1) is 11.0 Å². The molecule has 1 atom stereocenters. The van der Waals surface area contributed by atoms with Crippen molar-refractivity contribution in [1.29, 1.82) is 0 Å². The predicted octanol–water partition coefficient (Wildman–Crippen LogP) is 1.70. The maximum atomic E-state index is 12.2. The van der Waals surface area contributed by atoms with E-state index in [0.29, 0.717) is 18.3 Å². The van der Waals surface area contributed by atoms with Crippen molar-refractivity contribution in [3.63, 3.8) is 0 Å². The van der Waals surface area contributed by atoms with E-state index in [1.165, 1.54) is 0 Å². The zero-order valence-corrected chi connectivity index (χ0v) is 11.1. The van der Waals surface area contributed by atoms with Crippen LogP contribution in [-0.2, 0) is 6.54 Å². The molecule has 0 aliphatic heterocycles. The van der Waals surface area contributed by atoms with E-state index >= 15 is 0 Å². The van der Waals surface area contributed by atoms with E-state index in [4.69, 9.17) is 0 Å². The van der Waals surface area contributed by atoms with Crippen LogP contribution in [0.25, 0.3) is 11.0 Å². The van der Waals surface area contributed by atoms with Gasteiger partial charge in [-0.3, -0.25) is 4.79 Å². The van der Waals surface area contributed by atoms with Gasteiger partial charge in [-0.15, -0.1) is 0 Å². The van der Waals surface area contributed by atoms with Crippen LogP contribution in [0.2, 0.25) is 0 Å². The number of aromatic nitrogens is 2.